The van der Waals surface area contributed by atoms with Crippen LogP contribution in [0.25, 0.3) is 0 Å². The van der Waals surface area contributed by atoms with Crippen molar-refractivity contribution in [3.8, 4) is 0 Å². The summed E-state index contributed by atoms with van der Waals surface area (Å²) in [5, 5.41) is 17.2. The lowest BCUT2D eigenvalue weighted by Gasteiger charge is -2.08. The smallest absolute Gasteiger partial charge is 0.191 e. The van der Waals surface area contributed by atoms with Gasteiger partial charge >= 0.3 is 0 Å². The first-order valence-corrected chi connectivity index (χ1v) is 5.41. The Balaban J connectivity index is 1.87. The average molecular weight is 220 g/mol. The molecule has 0 bridgehead atoms. The number of nitrogens with one attached hydrogen (secondary N) is 2. The maximum Gasteiger partial charge on any atom is 0.191 e. The van der Waals surface area contributed by atoms with Crippen LogP contribution in [0, 0.1) is 0 Å². The van der Waals surface area contributed by atoms with Gasteiger partial charge in [0.1, 0.15) is 0 Å². The summed E-state index contributed by atoms with van der Waals surface area (Å²) in [6.45, 7) is 5.95. The summed E-state index contributed by atoms with van der Waals surface area (Å²) in [4.78, 5) is 0. The molecule has 2 aromatic heterocycles. The van der Waals surface area contributed by atoms with Crippen LogP contribution in [0.2, 0.25) is 0 Å². The standard InChI is InChI=1S/C10H16N6/c1-3-16-5-4-9(7-16)6-11-8(2)10-12-14-15-13-10/h4-5,7-8,11H,3,6H2,1-2H3,(H,12,13,14,15). The molecule has 2 N–H and O–H groups in total. The zero-order valence-electron chi connectivity index (χ0n) is 9.51. The van der Waals surface area contributed by atoms with Crippen LogP contribution in [0.3, 0.4) is 0 Å². The van der Waals surface area contributed by atoms with E-state index < -0.39 is 0 Å². The van der Waals surface area contributed by atoms with E-state index in [1.807, 2.05) is 6.92 Å². The van der Waals surface area contributed by atoms with Crippen molar-refractivity contribution in [2.24, 2.45) is 0 Å². The second-order valence-corrected chi connectivity index (χ2v) is 3.72. The summed E-state index contributed by atoms with van der Waals surface area (Å²) in [7, 11) is 0. The molecule has 0 spiro atoms. The molecule has 2 heterocycles. The first kappa shape index (κ1) is 10.8. The predicted octanol–water partition coefficient (Wildman–Crippen LogP) is 0.872. The van der Waals surface area contributed by atoms with Crippen molar-refractivity contribution in [3.63, 3.8) is 0 Å². The van der Waals surface area contributed by atoms with Crippen LogP contribution >= 0.6 is 0 Å². The molecule has 86 valence electrons. The van der Waals surface area contributed by atoms with E-state index in [9.17, 15) is 0 Å². The molecule has 0 saturated heterocycles. The van der Waals surface area contributed by atoms with E-state index in [0.29, 0.717) is 5.82 Å². The molecule has 0 amide bonds. The Morgan fingerprint density at radius 1 is 1.56 bits per heavy atom. The minimum absolute atomic E-state index is 0.101. The average Bonchev–Trinajstić information content (AvgIpc) is 2.96. The molecule has 6 heteroatoms. The fourth-order valence-electron chi connectivity index (χ4n) is 1.51. The summed E-state index contributed by atoms with van der Waals surface area (Å²) in [6, 6.07) is 2.21. The van der Waals surface area contributed by atoms with Crippen molar-refractivity contribution < 1.29 is 0 Å². The number of hydrogen-bond donors (Lipinski definition) is 2. The van der Waals surface area contributed by atoms with Crippen LogP contribution in [0.5, 0.6) is 0 Å². The quantitative estimate of drug-likeness (QED) is 0.784. The fourth-order valence-corrected chi connectivity index (χ4v) is 1.51. The Bertz CT molecular complexity index is 418. The Morgan fingerprint density at radius 3 is 3.06 bits per heavy atom. The van der Waals surface area contributed by atoms with E-state index in [1.165, 1.54) is 5.56 Å². The Kier molecular flexibility index (Phi) is 3.31. The molecule has 0 saturated carbocycles. The molecule has 0 aromatic carbocycles. The molecule has 0 aliphatic carbocycles. The van der Waals surface area contributed by atoms with Crippen molar-refractivity contribution in [2.45, 2.75) is 33.0 Å². The zero-order valence-corrected chi connectivity index (χ0v) is 9.51. The van der Waals surface area contributed by atoms with E-state index in [-0.39, 0.29) is 6.04 Å². The van der Waals surface area contributed by atoms with Gasteiger partial charge in [-0.3, -0.25) is 0 Å². The summed E-state index contributed by atoms with van der Waals surface area (Å²) in [5.74, 6) is 0.690. The van der Waals surface area contributed by atoms with Gasteiger partial charge in [0.15, 0.2) is 5.82 Å². The van der Waals surface area contributed by atoms with Crippen molar-refractivity contribution in [1.29, 1.82) is 0 Å². The number of aryl methyl sites for hydroxylation is 1. The largest absolute Gasteiger partial charge is 0.354 e. The summed E-state index contributed by atoms with van der Waals surface area (Å²) in [6.07, 6.45) is 4.21. The molecule has 2 aromatic rings. The minimum Gasteiger partial charge on any atom is -0.354 e. The molecule has 1 unspecified atom stereocenters. The van der Waals surface area contributed by atoms with E-state index >= 15 is 0 Å². The minimum atomic E-state index is 0.101. The van der Waals surface area contributed by atoms with Crippen molar-refractivity contribution >= 4 is 0 Å². The number of nitrogens with zero attached hydrogens (tertiary/aromatic N) is 4. The summed E-state index contributed by atoms with van der Waals surface area (Å²) < 4.78 is 2.15. The molecular formula is C10H16N6. The SMILES string of the molecule is CCn1ccc(CNC(C)c2nn[nH]n2)c1. The van der Waals surface area contributed by atoms with Gasteiger partial charge in [-0.05, 0) is 25.5 Å². The summed E-state index contributed by atoms with van der Waals surface area (Å²) in [5.41, 5.74) is 1.26. The van der Waals surface area contributed by atoms with Gasteiger partial charge < -0.3 is 9.88 Å². The van der Waals surface area contributed by atoms with Gasteiger partial charge in [-0.1, -0.05) is 5.21 Å². The third-order valence-corrected chi connectivity index (χ3v) is 2.54. The lowest BCUT2D eigenvalue weighted by Crippen LogP contribution is -2.19. The van der Waals surface area contributed by atoms with Crippen molar-refractivity contribution in [3.05, 3.63) is 29.8 Å². The van der Waals surface area contributed by atoms with E-state index in [0.717, 1.165) is 13.1 Å². The lowest BCUT2D eigenvalue weighted by molar-refractivity contribution is 0.546. The van der Waals surface area contributed by atoms with E-state index in [2.05, 4.69) is 55.9 Å². The van der Waals surface area contributed by atoms with Crippen LogP contribution in [-0.2, 0) is 13.1 Å². The van der Waals surface area contributed by atoms with Gasteiger partial charge in [-0.25, -0.2) is 0 Å². The van der Waals surface area contributed by atoms with E-state index in [1.54, 1.807) is 0 Å². The number of aromatic nitrogens is 5. The van der Waals surface area contributed by atoms with Gasteiger partial charge in [-0.15, -0.1) is 10.2 Å². The second-order valence-electron chi connectivity index (χ2n) is 3.72. The zero-order chi connectivity index (χ0) is 11.4. The molecule has 0 aliphatic heterocycles. The third-order valence-electron chi connectivity index (χ3n) is 2.54. The van der Waals surface area contributed by atoms with Crippen LogP contribution in [-0.4, -0.2) is 25.2 Å². The van der Waals surface area contributed by atoms with Gasteiger partial charge in [-0.2, -0.15) is 5.21 Å². The number of rotatable bonds is 5. The molecule has 6 nitrogen and oxygen atoms in total. The highest BCUT2D eigenvalue weighted by Crippen LogP contribution is 2.06. The topological polar surface area (TPSA) is 71.4 Å². The molecule has 1 atom stereocenters. The lowest BCUT2D eigenvalue weighted by atomic mass is 10.3. The Hall–Kier alpha value is -1.69. The van der Waals surface area contributed by atoms with Crippen LogP contribution < -0.4 is 5.32 Å². The van der Waals surface area contributed by atoms with Gasteiger partial charge in [0.2, 0.25) is 0 Å². The number of H-pyrrole nitrogens is 1. The first-order valence-electron chi connectivity index (χ1n) is 5.41. The molecule has 2 rings (SSSR count). The Morgan fingerprint density at radius 2 is 2.44 bits per heavy atom. The van der Waals surface area contributed by atoms with Crippen molar-refractivity contribution in [2.75, 3.05) is 0 Å². The third kappa shape index (κ3) is 2.46. The predicted molar refractivity (Wildman–Crippen MR) is 59.5 cm³/mol. The van der Waals surface area contributed by atoms with Gasteiger partial charge in [0.25, 0.3) is 0 Å². The van der Waals surface area contributed by atoms with Gasteiger partial charge in [0.05, 0.1) is 6.04 Å². The highest BCUT2D eigenvalue weighted by atomic mass is 15.5. The van der Waals surface area contributed by atoms with Crippen molar-refractivity contribution in [1.82, 2.24) is 30.5 Å². The highest BCUT2D eigenvalue weighted by Gasteiger charge is 2.09. The monoisotopic (exact) mass is 220 g/mol. The highest BCUT2D eigenvalue weighted by molar-refractivity contribution is 5.10. The van der Waals surface area contributed by atoms with Gasteiger partial charge in [0, 0.05) is 25.5 Å². The second kappa shape index (κ2) is 4.89. The maximum absolute atomic E-state index is 3.93. The van der Waals surface area contributed by atoms with Crippen LogP contribution in [0.15, 0.2) is 18.5 Å². The van der Waals surface area contributed by atoms with E-state index in [4.69, 9.17) is 0 Å². The molecule has 16 heavy (non-hydrogen) atoms. The fraction of sp³-hybridized carbons (Fsp3) is 0.500. The van der Waals surface area contributed by atoms with Crippen LogP contribution in [0.1, 0.15) is 31.3 Å². The maximum atomic E-state index is 3.93. The number of tetrazole rings is 1. The molecule has 0 radical (unpaired) electrons. The molecular weight excluding hydrogens is 204 g/mol. The number of aromatic amines is 1. The molecule has 0 aliphatic rings. The summed E-state index contributed by atoms with van der Waals surface area (Å²) >= 11 is 0. The normalized spacial score (nSPS) is 12.9. The first-order chi connectivity index (χ1) is 7.79. The molecule has 0 fully saturated rings. The number of hydrogen-bond acceptors (Lipinski definition) is 4. The Labute approximate surface area is 94.1 Å². The van der Waals surface area contributed by atoms with Crippen LogP contribution in [0.4, 0.5) is 0 Å².